The molecule has 142 valence electrons. The van der Waals surface area contributed by atoms with Crippen molar-refractivity contribution < 1.29 is 14.3 Å². The molecule has 5 rings (SSSR count). The monoisotopic (exact) mass is 384 g/mol. The van der Waals surface area contributed by atoms with Crippen LogP contribution in [0.3, 0.4) is 0 Å². The number of carbonyl (C=O) groups is 1. The normalized spacial score (nSPS) is 22.7. The highest BCUT2D eigenvalue weighted by Crippen LogP contribution is 2.52. The molecule has 1 atom stereocenters. The van der Waals surface area contributed by atoms with Crippen LogP contribution in [0.5, 0.6) is 11.5 Å². The summed E-state index contributed by atoms with van der Waals surface area (Å²) < 4.78 is 11.7. The summed E-state index contributed by atoms with van der Waals surface area (Å²) in [4.78, 5) is 19.7. The van der Waals surface area contributed by atoms with Crippen molar-refractivity contribution in [2.45, 2.75) is 51.0 Å². The molecule has 1 fully saturated rings. The molecule has 5 nitrogen and oxygen atoms in total. The first-order valence-electron chi connectivity index (χ1n) is 9.74. The SMILES string of the molecule is Cc1nc(C(=O)N2CC3(CCCC3)c3cc4c(cc3C2C)OCCO4)cs1. The van der Waals surface area contributed by atoms with Crippen LogP contribution in [-0.4, -0.2) is 35.5 Å². The molecule has 2 aromatic rings. The van der Waals surface area contributed by atoms with Gasteiger partial charge >= 0.3 is 0 Å². The number of amides is 1. The van der Waals surface area contributed by atoms with Crippen molar-refractivity contribution in [2.75, 3.05) is 19.8 Å². The van der Waals surface area contributed by atoms with E-state index in [9.17, 15) is 4.79 Å². The van der Waals surface area contributed by atoms with Crippen LogP contribution >= 0.6 is 11.3 Å². The fraction of sp³-hybridized carbons (Fsp3) is 0.524. The molecule has 0 bridgehead atoms. The molecular weight excluding hydrogens is 360 g/mol. The fourth-order valence-corrected chi connectivity index (χ4v) is 5.55. The number of nitrogens with zero attached hydrogens (tertiary/aromatic N) is 2. The van der Waals surface area contributed by atoms with Crippen LogP contribution < -0.4 is 9.47 Å². The van der Waals surface area contributed by atoms with Crippen LogP contribution in [0.1, 0.15) is 65.3 Å². The van der Waals surface area contributed by atoms with E-state index < -0.39 is 0 Å². The van der Waals surface area contributed by atoms with Crippen molar-refractivity contribution in [3.05, 3.63) is 39.3 Å². The van der Waals surface area contributed by atoms with Gasteiger partial charge in [0, 0.05) is 17.3 Å². The molecule has 1 unspecified atom stereocenters. The minimum absolute atomic E-state index is 0.00319. The number of rotatable bonds is 1. The van der Waals surface area contributed by atoms with Gasteiger partial charge in [0.2, 0.25) is 0 Å². The lowest BCUT2D eigenvalue weighted by Crippen LogP contribution is -2.48. The van der Waals surface area contributed by atoms with E-state index >= 15 is 0 Å². The predicted molar refractivity (Wildman–Crippen MR) is 104 cm³/mol. The lowest BCUT2D eigenvalue weighted by atomic mass is 9.71. The van der Waals surface area contributed by atoms with Gasteiger partial charge in [-0.2, -0.15) is 0 Å². The van der Waals surface area contributed by atoms with Crippen molar-refractivity contribution in [3.8, 4) is 11.5 Å². The van der Waals surface area contributed by atoms with Gasteiger partial charge in [0.15, 0.2) is 11.5 Å². The van der Waals surface area contributed by atoms with Gasteiger partial charge < -0.3 is 14.4 Å². The molecular formula is C21H24N2O3S. The summed E-state index contributed by atoms with van der Waals surface area (Å²) in [6, 6.07) is 4.30. The Morgan fingerprint density at radius 1 is 1.22 bits per heavy atom. The summed E-state index contributed by atoms with van der Waals surface area (Å²) in [5.74, 6) is 1.70. The largest absolute Gasteiger partial charge is 0.486 e. The molecule has 1 aromatic heterocycles. The van der Waals surface area contributed by atoms with E-state index in [1.165, 1.54) is 35.3 Å². The van der Waals surface area contributed by atoms with E-state index in [4.69, 9.17) is 9.47 Å². The Hall–Kier alpha value is -2.08. The second-order valence-corrected chi connectivity index (χ2v) is 8.99. The third-order valence-electron chi connectivity index (χ3n) is 6.34. The fourth-order valence-electron chi connectivity index (χ4n) is 4.96. The second kappa shape index (κ2) is 6.23. The molecule has 0 radical (unpaired) electrons. The minimum Gasteiger partial charge on any atom is -0.486 e. The van der Waals surface area contributed by atoms with Crippen molar-refractivity contribution in [3.63, 3.8) is 0 Å². The molecule has 1 aromatic carbocycles. The third-order valence-corrected chi connectivity index (χ3v) is 7.11. The highest BCUT2D eigenvalue weighted by molar-refractivity contribution is 7.09. The van der Waals surface area contributed by atoms with Gasteiger partial charge in [0.05, 0.1) is 11.0 Å². The number of carbonyl (C=O) groups excluding carboxylic acids is 1. The van der Waals surface area contributed by atoms with E-state index in [1.54, 1.807) is 0 Å². The summed E-state index contributed by atoms with van der Waals surface area (Å²) in [6.07, 6.45) is 4.65. The lowest BCUT2D eigenvalue weighted by Gasteiger charge is -2.46. The highest BCUT2D eigenvalue weighted by Gasteiger charge is 2.46. The molecule has 0 N–H and O–H groups in total. The molecule has 3 heterocycles. The zero-order chi connectivity index (χ0) is 18.6. The van der Waals surface area contributed by atoms with Gasteiger partial charge in [-0.1, -0.05) is 12.8 Å². The molecule has 1 aliphatic carbocycles. The first-order valence-corrected chi connectivity index (χ1v) is 10.6. The van der Waals surface area contributed by atoms with Gasteiger partial charge in [0.1, 0.15) is 18.9 Å². The summed E-state index contributed by atoms with van der Waals surface area (Å²) in [7, 11) is 0. The maximum absolute atomic E-state index is 13.3. The Balaban J connectivity index is 1.61. The predicted octanol–water partition coefficient (Wildman–Crippen LogP) is 4.25. The molecule has 27 heavy (non-hydrogen) atoms. The van der Waals surface area contributed by atoms with Crippen LogP contribution in [0.15, 0.2) is 17.5 Å². The zero-order valence-corrected chi connectivity index (χ0v) is 16.6. The van der Waals surface area contributed by atoms with E-state index in [-0.39, 0.29) is 17.4 Å². The third kappa shape index (κ3) is 2.64. The van der Waals surface area contributed by atoms with Crippen LogP contribution in [0.25, 0.3) is 0 Å². The standard InChI is InChI=1S/C21H24N2O3S/c1-13-15-9-18-19(26-8-7-25-18)10-16(15)21(5-3-4-6-21)12-23(13)20(24)17-11-27-14(2)22-17/h9-11,13H,3-8,12H2,1-2H3. The summed E-state index contributed by atoms with van der Waals surface area (Å²) in [5, 5.41) is 2.81. The number of hydrogen-bond donors (Lipinski definition) is 0. The summed E-state index contributed by atoms with van der Waals surface area (Å²) in [5.41, 5.74) is 3.15. The van der Waals surface area contributed by atoms with Crippen LogP contribution in [0, 0.1) is 6.92 Å². The van der Waals surface area contributed by atoms with Gasteiger partial charge in [-0.05, 0) is 49.9 Å². The van der Waals surface area contributed by atoms with Crippen LogP contribution in [-0.2, 0) is 5.41 Å². The minimum atomic E-state index is -0.00319. The summed E-state index contributed by atoms with van der Waals surface area (Å²) in [6.45, 7) is 6.00. The van der Waals surface area contributed by atoms with Crippen molar-refractivity contribution in [1.29, 1.82) is 0 Å². The van der Waals surface area contributed by atoms with Crippen molar-refractivity contribution >= 4 is 17.2 Å². The van der Waals surface area contributed by atoms with Crippen LogP contribution in [0.2, 0.25) is 0 Å². The van der Waals surface area contributed by atoms with Crippen LogP contribution in [0.4, 0.5) is 0 Å². The molecule has 6 heteroatoms. The van der Waals surface area contributed by atoms with Crippen molar-refractivity contribution in [1.82, 2.24) is 9.88 Å². The zero-order valence-electron chi connectivity index (χ0n) is 15.8. The molecule has 2 aliphatic heterocycles. The van der Waals surface area contributed by atoms with E-state index in [0.717, 1.165) is 35.9 Å². The Morgan fingerprint density at radius 3 is 2.59 bits per heavy atom. The second-order valence-electron chi connectivity index (χ2n) is 7.93. The van der Waals surface area contributed by atoms with Gasteiger partial charge in [0.25, 0.3) is 5.91 Å². The molecule has 1 saturated carbocycles. The van der Waals surface area contributed by atoms with E-state index in [1.807, 2.05) is 17.2 Å². The number of benzene rings is 1. The van der Waals surface area contributed by atoms with Gasteiger partial charge in [-0.25, -0.2) is 4.98 Å². The molecule has 1 spiro atoms. The smallest absolute Gasteiger partial charge is 0.273 e. The average molecular weight is 385 g/mol. The van der Waals surface area contributed by atoms with E-state index in [2.05, 4.69) is 24.0 Å². The molecule has 3 aliphatic rings. The van der Waals surface area contributed by atoms with Gasteiger partial charge in [-0.3, -0.25) is 4.79 Å². The average Bonchev–Trinajstić information content (AvgIpc) is 3.33. The Labute approximate surface area is 163 Å². The number of thiazole rings is 1. The number of aryl methyl sites for hydroxylation is 1. The number of hydrogen-bond acceptors (Lipinski definition) is 5. The molecule has 0 saturated heterocycles. The number of aromatic nitrogens is 1. The number of ether oxygens (including phenoxy) is 2. The quantitative estimate of drug-likeness (QED) is 0.737. The topological polar surface area (TPSA) is 51.7 Å². The Morgan fingerprint density at radius 2 is 1.93 bits per heavy atom. The van der Waals surface area contributed by atoms with E-state index in [0.29, 0.717) is 18.9 Å². The first kappa shape index (κ1) is 17.0. The highest BCUT2D eigenvalue weighted by atomic mass is 32.1. The van der Waals surface area contributed by atoms with Gasteiger partial charge in [-0.15, -0.1) is 11.3 Å². The molecule has 1 amide bonds. The van der Waals surface area contributed by atoms with Crippen molar-refractivity contribution in [2.24, 2.45) is 0 Å². The Bertz CT molecular complexity index is 901. The first-order chi connectivity index (χ1) is 13.1. The summed E-state index contributed by atoms with van der Waals surface area (Å²) >= 11 is 1.53. The lowest BCUT2D eigenvalue weighted by molar-refractivity contribution is 0.0588. The number of fused-ring (bicyclic) bond motifs is 3. The maximum atomic E-state index is 13.3. The maximum Gasteiger partial charge on any atom is 0.273 e. The Kier molecular flexibility index (Phi) is 3.93.